The Kier molecular flexibility index (Phi) is 6.06. The van der Waals surface area contributed by atoms with Crippen LogP contribution in [-0.2, 0) is 11.2 Å². The molecule has 112 valence electrons. The third-order valence-electron chi connectivity index (χ3n) is 4.16. The summed E-state index contributed by atoms with van der Waals surface area (Å²) in [5.41, 5.74) is 2.90. The molecule has 2 nitrogen and oxygen atoms in total. The van der Waals surface area contributed by atoms with Crippen molar-refractivity contribution in [3.63, 3.8) is 0 Å². The zero-order chi connectivity index (χ0) is 14.4. The molecule has 1 fully saturated rings. The SMILES string of the molecule is CCCNC(c1cccc(CCC)c1)C1COC(C)C1. The fourth-order valence-corrected chi connectivity index (χ4v) is 3.17. The smallest absolute Gasteiger partial charge is 0.0551 e. The minimum atomic E-state index is 0.407. The van der Waals surface area contributed by atoms with E-state index in [2.05, 4.69) is 50.4 Å². The van der Waals surface area contributed by atoms with Crippen molar-refractivity contribution in [2.75, 3.05) is 13.2 Å². The number of hydrogen-bond donors (Lipinski definition) is 1. The summed E-state index contributed by atoms with van der Waals surface area (Å²) in [7, 11) is 0. The minimum Gasteiger partial charge on any atom is -0.378 e. The van der Waals surface area contributed by atoms with Crippen molar-refractivity contribution < 1.29 is 4.74 Å². The van der Waals surface area contributed by atoms with E-state index in [1.54, 1.807) is 0 Å². The van der Waals surface area contributed by atoms with Crippen LogP contribution in [0.15, 0.2) is 24.3 Å². The highest BCUT2D eigenvalue weighted by Crippen LogP contribution is 2.32. The fraction of sp³-hybridized carbons (Fsp3) is 0.667. The van der Waals surface area contributed by atoms with Gasteiger partial charge in [-0.05, 0) is 43.9 Å². The van der Waals surface area contributed by atoms with Gasteiger partial charge in [-0.25, -0.2) is 0 Å². The molecule has 1 aromatic rings. The molecule has 1 heterocycles. The molecule has 1 saturated heterocycles. The monoisotopic (exact) mass is 275 g/mol. The van der Waals surface area contributed by atoms with Crippen molar-refractivity contribution in [3.8, 4) is 0 Å². The second-order valence-corrected chi connectivity index (χ2v) is 6.07. The van der Waals surface area contributed by atoms with Crippen LogP contribution in [-0.4, -0.2) is 19.3 Å². The Morgan fingerprint density at radius 1 is 1.30 bits per heavy atom. The van der Waals surface area contributed by atoms with Gasteiger partial charge >= 0.3 is 0 Å². The van der Waals surface area contributed by atoms with Crippen LogP contribution in [0.5, 0.6) is 0 Å². The van der Waals surface area contributed by atoms with E-state index in [4.69, 9.17) is 4.74 Å². The topological polar surface area (TPSA) is 21.3 Å². The van der Waals surface area contributed by atoms with Crippen LogP contribution >= 0.6 is 0 Å². The molecule has 2 rings (SSSR count). The highest BCUT2D eigenvalue weighted by molar-refractivity contribution is 5.27. The summed E-state index contributed by atoms with van der Waals surface area (Å²) in [5.74, 6) is 0.605. The molecule has 1 N–H and O–H groups in total. The second-order valence-electron chi connectivity index (χ2n) is 6.07. The Hall–Kier alpha value is -0.860. The van der Waals surface area contributed by atoms with Gasteiger partial charge in [-0.2, -0.15) is 0 Å². The summed E-state index contributed by atoms with van der Waals surface area (Å²) in [4.78, 5) is 0. The van der Waals surface area contributed by atoms with Gasteiger partial charge in [0.1, 0.15) is 0 Å². The fourth-order valence-electron chi connectivity index (χ4n) is 3.17. The van der Waals surface area contributed by atoms with Gasteiger partial charge in [0, 0.05) is 12.0 Å². The van der Waals surface area contributed by atoms with Crippen LogP contribution in [0, 0.1) is 5.92 Å². The molecule has 20 heavy (non-hydrogen) atoms. The van der Waals surface area contributed by atoms with E-state index < -0.39 is 0 Å². The van der Waals surface area contributed by atoms with Crippen molar-refractivity contribution in [1.82, 2.24) is 5.32 Å². The molecule has 0 saturated carbocycles. The van der Waals surface area contributed by atoms with E-state index in [0.717, 1.165) is 13.2 Å². The summed E-state index contributed by atoms with van der Waals surface area (Å²) < 4.78 is 5.79. The van der Waals surface area contributed by atoms with Gasteiger partial charge in [-0.1, -0.05) is 44.5 Å². The van der Waals surface area contributed by atoms with Crippen LogP contribution < -0.4 is 5.32 Å². The van der Waals surface area contributed by atoms with Crippen molar-refractivity contribution in [1.29, 1.82) is 0 Å². The Morgan fingerprint density at radius 2 is 2.15 bits per heavy atom. The Balaban J connectivity index is 2.14. The van der Waals surface area contributed by atoms with Gasteiger partial charge in [0.25, 0.3) is 0 Å². The summed E-state index contributed by atoms with van der Waals surface area (Å²) in [5, 5.41) is 3.74. The molecule has 3 unspecified atom stereocenters. The van der Waals surface area contributed by atoms with E-state index in [1.807, 2.05) is 0 Å². The highest BCUT2D eigenvalue weighted by Gasteiger charge is 2.30. The van der Waals surface area contributed by atoms with E-state index in [0.29, 0.717) is 18.1 Å². The molecular formula is C18H29NO. The molecule has 1 aliphatic heterocycles. The minimum absolute atomic E-state index is 0.407. The van der Waals surface area contributed by atoms with Gasteiger partial charge in [0.15, 0.2) is 0 Å². The zero-order valence-corrected chi connectivity index (χ0v) is 13.2. The average Bonchev–Trinajstić information content (AvgIpc) is 2.87. The molecule has 1 aliphatic rings. The lowest BCUT2D eigenvalue weighted by Gasteiger charge is -2.25. The predicted molar refractivity (Wildman–Crippen MR) is 85.0 cm³/mol. The molecular weight excluding hydrogens is 246 g/mol. The molecule has 0 amide bonds. The molecule has 0 bridgehead atoms. The normalized spacial score (nSPS) is 23.9. The van der Waals surface area contributed by atoms with Crippen LogP contribution in [0.3, 0.4) is 0 Å². The van der Waals surface area contributed by atoms with E-state index in [-0.39, 0.29) is 0 Å². The number of nitrogens with one attached hydrogen (secondary N) is 1. The lowest BCUT2D eigenvalue weighted by molar-refractivity contribution is 0.117. The Morgan fingerprint density at radius 3 is 2.80 bits per heavy atom. The van der Waals surface area contributed by atoms with Crippen molar-refractivity contribution in [2.24, 2.45) is 5.92 Å². The van der Waals surface area contributed by atoms with E-state index in [1.165, 1.54) is 36.8 Å². The molecule has 3 atom stereocenters. The lowest BCUT2D eigenvalue weighted by Crippen LogP contribution is -2.29. The quantitative estimate of drug-likeness (QED) is 0.808. The first-order valence-corrected chi connectivity index (χ1v) is 8.18. The predicted octanol–water partition coefficient (Wildman–Crippen LogP) is 4.10. The van der Waals surface area contributed by atoms with Gasteiger partial charge in [-0.15, -0.1) is 0 Å². The third kappa shape index (κ3) is 4.07. The average molecular weight is 275 g/mol. The molecule has 0 aliphatic carbocycles. The third-order valence-corrected chi connectivity index (χ3v) is 4.16. The first-order chi connectivity index (χ1) is 9.74. The summed E-state index contributed by atoms with van der Waals surface area (Å²) in [6, 6.07) is 9.56. The van der Waals surface area contributed by atoms with Gasteiger partial charge in [0.2, 0.25) is 0 Å². The molecule has 2 heteroatoms. The van der Waals surface area contributed by atoms with Gasteiger partial charge in [-0.3, -0.25) is 0 Å². The first kappa shape index (κ1) is 15.5. The van der Waals surface area contributed by atoms with Crippen molar-refractivity contribution in [2.45, 2.75) is 58.6 Å². The summed E-state index contributed by atoms with van der Waals surface area (Å²) >= 11 is 0. The number of hydrogen-bond acceptors (Lipinski definition) is 2. The lowest BCUT2D eigenvalue weighted by atomic mass is 9.89. The molecule has 0 aromatic heterocycles. The highest BCUT2D eigenvalue weighted by atomic mass is 16.5. The summed E-state index contributed by atoms with van der Waals surface area (Å²) in [6.07, 6.45) is 5.13. The summed E-state index contributed by atoms with van der Waals surface area (Å²) in [6.45, 7) is 8.62. The largest absolute Gasteiger partial charge is 0.378 e. The van der Waals surface area contributed by atoms with Crippen molar-refractivity contribution >= 4 is 0 Å². The van der Waals surface area contributed by atoms with Crippen LogP contribution in [0.25, 0.3) is 0 Å². The van der Waals surface area contributed by atoms with Gasteiger partial charge < -0.3 is 10.1 Å². The molecule has 0 radical (unpaired) electrons. The Bertz CT molecular complexity index is 404. The second kappa shape index (κ2) is 7.80. The number of rotatable bonds is 7. The maximum Gasteiger partial charge on any atom is 0.0551 e. The number of aryl methyl sites for hydroxylation is 1. The molecule has 1 aromatic carbocycles. The zero-order valence-electron chi connectivity index (χ0n) is 13.2. The van der Waals surface area contributed by atoms with E-state index >= 15 is 0 Å². The van der Waals surface area contributed by atoms with Crippen LogP contribution in [0.4, 0.5) is 0 Å². The van der Waals surface area contributed by atoms with Crippen molar-refractivity contribution in [3.05, 3.63) is 35.4 Å². The van der Waals surface area contributed by atoms with Crippen LogP contribution in [0.2, 0.25) is 0 Å². The number of ether oxygens (including phenoxy) is 1. The van der Waals surface area contributed by atoms with E-state index in [9.17, 15) is 0 Å². The molecule has 0 spiro atoms. The Labute approximate surface area is 123 Å². The maximum absolute atomic E-state index is 5.79. The number of benzene rings is 1. The maximum atomic E-state index is 5.79. The van der Waals surface area contributed by atoms with Crippen LogP contribution in [0.1, 0.15) is 57.2 Å². The standard InChI is InChI=1S/C18H29NO/c1-4-7-15-8-6-9-16(12-15)18(19-10-5-2)17-11-14(3)20-13-17/h6,8-9,12,14,17-19H,4-5,7,10-11,13H2,1-3H3. The first-order valence-electron chi connectivity index (χ1n) is 8.18. The van der Waals surface area contributed by atoms with Gasteiger partial charge in [0.05, 0.1) is 12.7 Å².